The minimum absolute atomic E-state index is 0.214. The van der Waals surface area contributed by atoms with Gasteiger partial charge in [-0.2, -0.15) is 0 Å². The Labute approximate surface area is 227 Å². The van der Waals surface area contributed by atoms with Crippen molar-refractivity contribution in [1.29, 1.82) is 0 Å². The first-order valence-electron chi connectivity index (χ1n) is 12.7. The molecular weight excluding hydrogens is 513 g/mol. The van der Waals surface area contributed by atoms with Crippen LogP contribution in [0.15, 0.2) is 71.1 Å². The van der Waals surface area contributed by atoms with E-state index >= 15 is 0 Å². The smallest absolute Gasteiger partial charge is 0.255 e. The highest BCUT2D eigenvalue weighted by molar-refractivity contribution is 7.84. The van der Waals surface area contributed by atoms with Gasteiger partial charge in [0.15, 0.2) is 0 Å². The predicted octanol–water partition coefficient (Wildman–Crippen LogP) is 5.48. The van der Waals surface area contributed by atoms with Crippen molar-refractivity contribution in [3.63, 3.8) is 0 Å². The second-order valence-corrected chi connectivity index (χ2v) is 12.3. The fraction of sp³-hybridized carbons (Fsp3) is 0.464. The average molecular weight is 549 g/mol. The molecule has 1 unspecified atom stereocenters. The van der Waals surface area contributed by atoms with E-state index in [9.17, 15) is 9.00 Å². The van der Waals surface area contributed by atoms with E-state index in [1.165, 1.54) is 6.42 Å². The van der Waals surface area contributed by atoms with Crippen molar-refractivity contribution in [2.24, 2.45) is 5.92 Å². The standard InChI is InChI=1S/C28H35Cl2N3O2S/c1-36(35)25-12-15-32(16-13-25)14-9-21-10-17-33(18-11-21)27-8-3-2-6-24(30)20-26(27)31-28(34)22-5-4-7-23(29)19-22/h2-8,19-21,25H,9-18H2,1H3,(H,31,34). The highest BCUT2D eigenvalue weighted by Crippen LogP contribution is 2.27. The molecule has 2 aliphatic heterocycles. The van der Waals surface area contributed by atoms with E-state index in [0.717, 1.165) is 64.1 Å². The number of carbonyl (C=O) groups excluding carboxylic acids is 1. The molecule has 1 amide bonds. The van der Waals surface area contributed by atoms with E-state index < -0.39 is 10.8 Å². The number of halogens is 2. The van der Waals surface area contributed by atoms with Crippen molar-refractivity contribution < 1.29 is 9.00 Å². The van der Waals surface area contributed by atoms with Gasteiger partial charge < -0.3 is 15.1 Å². The molecule has 8 heteroatoms. The summed E-state index contributed by atoms with van der Waals surface area (Å²) in [7, 11) is -0.696. The molecule has 1 atom stereocenters. The van der Waals surface area contributed by atoms with Gasteiger partial charge in [0.25, 0.3) is 5.91 Å². The third-order valence-electron chi connectivity index (χ3n) is 7.33. The highest BCUT2D eigenvalue weighted by atomic mass is 35.5. The number of piperidine rings is 2. The topological polar surface area (TPSA) is 52.7 Å². The summed E-state index contributed by atoms with van der Waals surface area (Å²) in [5.41, 5.74) is 2.18. The van der Waals surface area contributed by atoms with Gasteiger partial charge in [0.2, 0.25) is 0 Å². The van der Waals surface area contributed by atoms with Crippen LogP contribution < -0.4 is 5.32 Å². The maximum atomic E-state index is 13.0. The number of nitrogens with one attached hydrogen (secondary N) is 1. The van der Waals surface area contributed by atoms with E-state index in [2.05, 4.69) is 15.1 Å². The number of nitrogens with zero attached hydrogens (tertiary/aromatic N) is 2. The number of hydrogen-bond acceptors (Lipinski definition) is 4. The Morgan fingerprint density at radius 2 is 1.78 bits per heavy atom. The van der Waals surface area contributed by atoms with Crippen LogP contribution in [0.25, 0.3) is 0 Å². The molecule has 0 spiro atoms. The molecule has 0 aromatic heterocycles. The Morgan fingerprint density at radius 3 is 2.47 bits per heavy atom. The molecule has 3 aliphatic rings. The average Bonchev–Trinajstić information content (AvgIpc) is 2.86. The summed E-state index contributed by atoms with van der Waals surface area (Å²) in [6.45, 7) is 5.13. The van der Waals surface area contributed by atoms with Gasteiger partial charge >= 0.3 is 0 Å². The van der Waals surface area contributed by atoms with Crippen LogP contribution in [0.1, 0.15) is 42.5 Å². The molecule has 5 nitrogen and oxygen atoms in total. The first-order chi connectivity index (χ1) is 17.4. The van der Waals surface area contributed by atoms with Crippen LogP contribution in [0.2, 0.25) is 5.02 Å². The summed E-state index contributed by atoms with van der Waals surface area (Å²) in [4.78, 5) is 17.9. The third-order valence-corrected chi connectivity index (χ3v) is 9.21. The largest absolute Gasteiger partial charge is 0.370 e. The molecule has 36 heavy (non-hydrogen) atoms. The number of likely N-dealkylation sites (tertiary alicyclic amines) is 2. The Bertz CT molecular complexity index is 1080. The second kappa shape index (κ2) is 13.1. The Hall–Kier alpha value is -1.86. The van der Waals surface area contributed by atoms with Gasteiger partial charge in [0.1, 0.15) is 0 Å². The molecule has 2 fully saturated rings. The second-order valence-electron chi connectivity index (χ2n) is 9.77. The molecule has 1 aliphatic carbocycles. The van der Waals surface area contributed by atoms with Gasteiger partial charge in [-0.25, -0.2) is 0 Å². The van der Waals surface area contributed by atoms with Crippen LogP contribution in [0.3, 0.4) is 0 Å². The number of rotatable bonds is 7. The molecule has 1 aromatic rings. The molecule has 194 valence electrons. The van der Waals surface area contributed by atoms with Crippen molar-refractivity contribution in [3.8, 4) is 0 Å². The zero-order valence-electron chi connectivity index (χ0n) is 20.8. The lowest BCUT2D eigenvalue weighted by atomic mass is 9.92. The van der Waals surface area contributed by atoms with Gasteiger partial charge in [-0.15, -0.1) is 0 Å². The normalized spacial score (nSPS) is 21.2. The first-order valence-corrected chi connectivity index (χ1v) is 15.1. The molecule has 0 bridgehead atoms. The summed E-state index contributed by atoms with van der Waals surface area (Å²) in [6.07, 6.45) is 16.9. The fourth-order valence-electron chi connectivity index (χ4n) is 5.14. The van der Waals surface area contributed by atoms with E-state index in [0.29, 0.717) is 32.5 Å². The van der Waals surface area contributed by atoms with Gasteiger partial charge in [-0.1, -0.05) is 41.4 Å². The minimum atomic E-state index is -0.696. The lowest BCUT2D eigenvalue weighted by Crippen LogP contribution is -2.40. The Balaban J connectivity index is 1.37. The number of carbonyl (C=O) groups is 1. The van der Waals surface area contributed by atoms with Crippen LogP contribution in [0.5, 0.6) is 0 Å². The highest BCUT2D eigenvalue weighted by Gasteiger charge is 2.25. The Kier molecular flexibility index (Phi) is 9.88. The SMILES string of the molecule is CS(=O)C1CCN(CCC2CCN(C3=C(NC(=O)c4cccc(Cl)c4)C=C(Cl)C=CC=C3)CC2)CC1. The molecule has 2 saturated heterocycles. The first kappa shape index (κ1) is 27.2. The molecule has 2 heterocycles. The van der Waals surface area contributed by atoms with Crippen LogP contribution in [0.4, 0.5) is 0 Å². The lowest BCUT2D eigenvalue weighted by Gasteiger charge is -2.37. The van der Waals surface area contributed by atoms with Crippen molar-refractivity contribution in [1.82, 2.24) is 15.1 Å². The van der Waals surface area contributed by atoms with Crippen molar-refractivity contribution in [3.05, 3.63) is 81.7 Å². The van der Waals surface area contributed by atoms with Gasteiger partial charge in [-0.05, 0) is 94.1 Å². The van der Waals surface area contributed by atoms with Gasteiger partial charge in [-0.3, -0.25) is 9.00 Å². The van der Waals surface area contributed by atoms with E-state index in [1.54, 1.807) is 24.3 Å². The monoisotopic (exact) mass is 547 g/mol. The van der Waals surface area contributed by atoms with E-state index in [-0.39, 0.29) is 5.91 Å². The van der Waals surface area contributed by atoms with Gasteiger partial charge in [0, 0.05) is 51.0 Å². The number of hydrogen-bond donors (Lipinski definition) is 1. The zero-order chi connectivity index (χ0) is 25.5. The number of benzene rings is 1. The molecular formula is C28H35Cl2N3O2S. The maximum Gasteiger partial charge on any atom is 0.255 e. The molecule has 0 saturated carbocycles. The van der Waals surface area contributed by atoms with E-state index in [4.69, 9.17) is 23.2 Å². The number of amides is 1. The van der Waals surface area contributed by atoms with E-state index in [1.807, 2.05) is 36.6 Å². The Morgan fingerprint density at radius 1 is 1.06 bits per heavy atom. The zero-order valence-corrected chi connectivity index (χ0v) is 23.1. The van der Waals surface area contributed by atoms with Crippen LogP contribution in [-0.4, -0.2) is 64.1 Å². The molecule has 1 N–H and O–H groups in total. The predicted molar refractivity (Wildman–Crippen MR) is 151 cm³/mol. The maximum absolute atomic E-state index is 13.0. The molecule has 0 radical (unpaired) electrons. The third kappa shape index (κ3) is 7.58. The lowest BCUT2D eigenvalue weighted by molar-refractivity contribution is 0.0965. The van der Waals surface area contributed by atoms with Crippen LogP contribution in [0, 0.1) is 5.92 Å². The minimum Gasteiger partial charge on any atom is -0.370 e. The van der Waals surface area contributed by atoms with Crippen LogP contribution in [-0.2, 0) is 10.8 Å². The summed E-state index contributed by atoms with van der Waals surface area (Å²) in [6, 6.07) is 6.94. The summed E-state index contributed by atoms with van der Waals surface area (Å²) >= 11 is 12.5. The summed E-state index contributed by atoms with van der Waals surface area (Å²) < 4.78 is 11.7. The summed E-state index contributed by atoms with van der Waals surface area (Å²) in [5.74, 6) is 0.482. The van der Waals surface area contributed by atoms with Crippen molar-refractivity contribution in [2.75, 3.05) is 39.0 Å². The van der Waals surface area contributed by atoms with Crippen LogP contribution >= 0.6 is 23.2 Å². The fourth-order valence-corrected chi connectivity index (χ4v) is 6.38. The summed E-state index contributed by atoms with van der Waals surface area (Å²) in [5, 5.41) is 4.53. The van der Waals surface area contributed by atoms with Gasteiger partial charge in [0.05, 0.1) is 11.4 Å². The van der Waals surface area contributed by atoms with Crippen molar-refractivity contribution in [2.45, 2.75) is 37.4 Å². The quantitative estimate of drug-likeness (QED) is 0.491. The van der Waals surface area contributed by atoms with Crippen molar-refractivity contribution >= 4 is 39.9 Å². The number of allylic oxidation sites excluding steroid dienone is 6. The molecule has 1 aromatic carbocycles. The molecule has 4 rings (SSSR count).